The lowest BCUT2D eigenvalue weighted by Crippen LogP contribution is -2.63. The van der Waals surface area contributed by atoms with E-state index in [-0.39, 0.29) is 25.8 Å². The van der Waals surface area contributed by atoms with Crippen molar-refractivity contribution in [3.63, 3.8) is 0 Å². The number of rotatable bonds is 31. The van der Waals surface area contributed by atoms with Gasteiger partial charge in [-0.2, -0.15) is 0 Å². The van der Waals surface area contributed by atoms with E-state index in [4.69, 9.17) is 37.3 Å². The van der Waals surface area contributed by atoms with E-state index in [9.17, 15) is 97.8 Å². The van der Waals surface area contributed by atoms with Crippen LogP contribution in [0.25, 0.3) is 0 Å². The number of amides is 10. The number of nitrogens with two attached hydrogens (primary N) is 2. The summed E-state index contributed by atoms with van der Waals surface area (Å²) in [5.74, 6) is -19.4. The van der Waals surface area contributed by atoms with Crippen LogP contribution < -0.4 is 64.6 Å². The number of hydrogen-bond acceptors (Lipinski definition) is 23. The number of halogens is 1. The highest BCUT2D eigenvalue weighted by molar-refractivity contribution is 6.18. The average Bonchev–Trinajstić information content (AvgIpc) is 0.912. The first-order valence-corrected chi connectivity index (χ1v) is 30.8. The number of carboxylic acids is 2. The van der Waals surface area contributed by atoms with Crippen molar-refractivity contribution in [2.24, 2.45) is 11.5 Å². The van der Waals surface area contributed by atoms with Crippen LogP contribution in [0.4, 0.5) is 4.79 Å². The molecule has 1 saturated heterocycles. The molecule has 1 aliphatic rings. The molecule has 10 amide bonds. The number of carbonyl (C=O) groups is 14. The van der Waals surface area contributed by atoms with Gasteiger partial charge in [0.15, 0.2) is 12.1 Å². The molecule has 20 N–H and O–H groups in total. The van der Waals surface area contributed by atoms with Crippen LogP contribution >= 0.6 is 11.6 Å². The summed E-state index contributed by atoms with van der Waals surface area (Å²) in [5, 5.41) is 84.7. The number of unbranched alkanes of at least 4 members (excludes halogenated alkanes) is 9. The monoisotopic (exact) mass is 1340 g/mol. The Morgan fingerprint density at radius 1 is 0.652 bits per heavy atom. The first-order valence-electron chi connectivity index (χ1n) is 30.3. The summed E-state index contributed by atoms with van der Waals surface area (Å²) in [6, 6.07) is -16.8. The van der Waals surface area contributed by atoms with E-state index in [2.05, 4.69) is 54.8 Å². The Morgan fingerprint density at radius 2 is 1.20 bits per heavy atom. The SMILES string of the molecule is C/C=C1/NC(=O)C([C@H](C)O)NC(=O)[C@H](CCN)NC(=O)C([C@H](O)C(=O)O)NC(=O)C(CCCCN)NC(=O)[C@H](CC(=O)O)NC(=O)C(CCNC(=O)OC(C)OC(C)=O)NC(=O)C(NC(=O)C[C@H](O)CCCCCCCCCCC)COC(=O)C([C@H](O)CCl)NC1=O. The summed E-state index contributed by atoms with van der Waals surface area (Å²) in [4.78, 5) is 189. The number of alkyl halides is 1. The van der Waals surface area contributed by atoms with Gasteiger partial charge in [-0.15, -0.1) is 11.6 Å². The first kappa shape index (κ1) is 82.2. The van der Waals surface area contributed by atoms with Crippen LogP contribution in [0.2, 0.25) is 0 Å². The maximum absolute atomic E-state index is 14.5. The van der Waals surface area contributed by atoms with E-state index < -0.39 is 226 Å². The summed E-state index contributed by atoms with van der Waals surface area (Å²) < 4.78 is 15.1. The van der Waals surface area contributed by atoms with Gasteiger partial charge >= 0.3 is 30.0 Å². The third-order valence-corrected chi connectivity index (χ3v) is 14.1. The van der Waals surface area contributed by atoms with E-state index in [1.165, 1.54) is 13.8 Å². The van der Waals surface area contributed by atoms with Crippen LogP contribution in [0.5, 0.6) is 0 Å². The number of allylic oxidation sites excluding steroid dienone is 1. The summed E-state index contributed by atoms with van der Waals surface area (Å²) in [7, 11) is 0. The van der Waals surface area contributed by atoms with Gasteiger partial charge in [-0.1, -0.05) is 70.8 Å². The fourth-order valence-corrected chi connectivity index (χ4v) is 9.01. The van der Waals surface area contributed by atoms with Crippen LogP contribution in [0, 0.1) is 0 Å². The molecule has 0 spiro atoms. The number of alkyl carbamates (subject to hydrolysis) is 1. The largest absolute Gasteiger partial charge is 0.481 e. The lowest BCUT2D eigenvalue weighted by atomic mass is 10.0. The Morgan fingerprint density at radius 3 is 1.75 bits per heavy atom. The summed E-state index contributed by atoms with van der Waals surface area (Å²) in [6.07, 6.45) is -4.44. The quantitative estimate of drug-likeness (QED) is 0.0102. The molecule has 0 aromatic heterocycles. The molecule has 1 fully saturated rings. The molecule has 13 atom stereocenters. The van der Waals surface area contributed by atoms with Gasteiger partial charge in [0.25, 0.3) is 5.91 Å². The van der Waals surface area contributed by atoms with Gasteiger partial charge in [0.2, 0.25) is 53.5 Å². The van der Waals surface area contributed by atoms with E-state index >= 15 is 0 Å². The smallest absolute Gasteiger partial charge is 0.410 e. The highest BCUT2D eigenvalue weighted by Gasteiger charge is 2.40. The van der Waals surface area contributed by atoms with Crippen LogP contribution in [0.1, 0.15) is 144 Å². The first-order chi connectivity index (χ1) is 43.4. The van der Waals surface area contributed by atoms with Crippen LogP contribution in [0.15, 0.2) is 11.8 Å². The molecule has 0 aromatic carbocycles. The lowest BCUT2D eigenvalue weighted by molar-refractivity contribution is -0.162. The number of aliphatic hydroxyl groups is 4. The number of ether oxygens (including phenoxy) is 3. The molecule has 0 saturated carbocycles. The van der Waals surface area contributed by atoms with Gasteiger partial charge in [-0.05, 0) is 65.5 Å². The van der Waals surface area contributed by atoms with Crippen molar-refractivity contribution >= 4 is 94.7 Å². The Hall–Kier alpha value is -7.83. The second kappa shape index (κ2) is 44.6. The molecule has 1 rings (SSSR count). The molecule has 1 heterocycles. The van der Waals surface area contributed by atoms with E-state index in [1.807, 2.05) is 5.32 Å². The molecule has 35 nitrogen and oxygen atoms in total. The molecule has 0 aromatic rings. The van der Waals surface area contributed by atoms with Crippen molar-refractivity contribution in [2.45, 2.75) is 223 Å². The van der Waals surface area contributed by atoms with Crippen molar-refractivity contribution in [3.05, 3.63) is 11.8 Å². The summed E-state index contributed by atoms with van der Waals surface area (Å²) in [5.41, 5.74) is 10.7. The number of cyclic esters (lactones) is 1. The maximum atomic E-state index is 14.5. The number of esters is 2. The van der Waals surface area contributed by atoms with Crippen LogP contribution in [-0.4, -0.2) is 225 Å². The predicted octanol–water partition coefficient (Wildman–Crippen LogP) is -4.48. The van der Waals surface area contributed by atoms with Crippen molar-refractivity contribution in [2.75, 3.05) is 32.1 Å². The minimum atomic E-state index is -2.82. The molecular weight excluding hydrogens is 1240 g/mol. The number of carbonyl (C=O) groups excluding carboxylic acids is 12. The summed E-state index contributed by atoms with van der Waals surface area (Å²) in [6.45, 7) is 4.26. The molecule has 36 heteroatoms. The minimum Gasteiger partial charge on any atom is -0.481 e. The van der Waals surface area contributed by atoms with E-state index in [1.54, 1.807) is 0 Å². The fraction of sp³-hybridized carbons (Fsp3) is 0.714. The maximum Gasteiger partial charge on any atom is 0.410 e. The molecular formula is C56H93ClN12O23. The number of aliphatic carboxylic acids is 2. The zero-order valence-electron chi connectivity index (χ0n) is 52.3. The van der Waals surface area contributed by atoms with Gasteiger partial charge in [0, 0.05) is 20.4 Å². The van der Waals surface area contributed by atoms with Crippen LogP contribution in [0.3, 0.4) is 0 Å². The average molecular weight is 1340 g/mol. The van der Waals surface area contributed by atoms with E-state index in [0.29, 0.717) is 6.42 Å². The number of hydrogen-bond donors (Lipinski definition) is 18. The lowest BCUT2D eigenvalue weighted by Gasteiger charge is -2.29. The third kappa shape index (κ3) is 32.0. The normalized spacial score (nSPS) is 23.4. The zero-order valence-corrected chi connectivity index (χ0v) is 53.1. The van der Waals surface area contributed by atoms with Gasteiger partial charge in [-0.3, -0.25) is 52.7 Å². The number of nitrogens with one attached hydrogen (secondary N) is 10. The molecule has 1 aliphatic heterocycles. The molecule has 0 radical (unpaired) electrons. The van der Waals surface area contributed by atoms with Gasteiger partial charge in [0.05, 0.1) is 37.0 Å². The highest BCUT2D eigenvalue weighted by Crippen LogP contribution is 2.14. The molecule has 522 valence electrons. The van der Waals surface area contributed by atoms with Gasteiger partial charge in [-0.25, -0.2) is 14.4 Å². The van der Waals surface area contributed by atoms with Crippen LogP contribution in [-0.2, 0) is 76.5 Å². The number of aliphatic hydroxyl groups excluding tert-OH is 4. The van der Waals surface area contributed by atoms with Crippen molar-refractivity contribution in [3.8, 4) is 0 Å². The summed E-state index contributed by atoms with van der Waals surface area (Å²) >= 11 is 5.92. The van der Waals surface area contributed by atoms with Crippen molar-refractivity contribution in [1.29, 1.82) is 0 Å². The standard InChI is InChI=1S/C56H93ClN12O23/c1-6-8-9-10-11-12-13-14-15-18-32(72)25-40(74)61-38-28-90-55(88)43(39(73)27-57)68-46(78)33(7-2)62-52(84)42(29(3)70)67-49(81)35(20-23-59)65-53(85)44(45(77)54(86)87)69-48(80)34(19-16-17-22-58)63-50(82)37(26-41(75)76)66-47(79)36(64-51(38)83)21-24-60-56(89)92-31(5)91-30(4)71/h7,29,31-32,34-39,42-45,70,72-73,77H,6,8-28,58-59H2,1-5H3,(H,60,89)(H,61,74)(H,62,84)(H,63,82)(H,64,83)(H,65,85)(H,66,79)(H,67,81)(H,68,78)(H,69,80)(H,75,76)(H,86,87)/b33-7+/t29-,31?,32+,34?,35-,36?,37-,38?,39+,42?,43?,44?,45-/m0/s1. The Bertz CT molecular complexity index is 2510. The number of carboxylic acid groups (broad SMARTS) is 2. The van der Waals surface area contributed by atoms with E-state index in [0.717, 1.165) is 71.3 Å². The molecule has 0 bridgehead atoms. The Labute approximate surface area is 536 Å². The van der Waals surface area contributed by atoms with Crippen molar-refractivity contribution < 1.29 is 112 Å². The topological polar surface area (TPSA) is 560 Å². The molecule has 0 aliphatic carbocycles. The van der Waals surface area contributed by atoms with Crippen molar-refractivity contribution in [1.82, 2.24) is 53.2 Å². The van der Waals surface area contributed by atoms with Gasteiger partial charge in [0.1, 0.15) is 54.6 Å². The second-order valence-electron chi connectivity index (χ2n) is 21.6. The zero-order chi connectivity index (χ0) is 69.6. The highest BCUT2D eigenvalue weighted by atomic mass is 35.5. The Balaban J connectivity index is 4.20. The predicted molar refractivity (Wildman–Crippen MR) is 322 cm³/mol. The Kier molecular flexibility index (Phi) is 39.9. The molecule has 92 heavy (non-hydrogen) atoms. The fourth-order valence-electron chi connectivity index (χ4n) is 8.83. The minimum absolute atomic E-state index is 0.00756. The third-order valence-electron chi connectivity index (χ3n) is 13.8. The van der Waals surface area contributed by atoms with Gasteiger partial charge < -0.3 is 109 Å². The second-order valence-corrected chi connectivity index (χ2v) is 21.9. The molecule has 7 unspecified atom stereocenters.